The summed E-state index contributed by atoms with van der Waals surface area (Å²) in [5, 5.41) is 12.6. The molecule has 0 bridgehead atoms. The zero-order chi connectivity index (χ0) is 19.4. The zero-order valence-electron chi connectivity index (χ0n) is 15.2. The maximum atomic E-state index is 13.0. The van der Waals surface area contributed by atoms with E-state index in [1.807, 2.05) is 30.3 Å². The van der Waals surface area contributed by atoms with Crippen LogP contribution in [0.15, 0.2) is 53.4 Å². The van der Waals surface area contributed by atoms with E-state index < -0.39 is 22.0 Å². The van der Waals surface area contributed by atoms with E-state index in [9.17, 15) is 18.3 Å². The van der Waals surface area contributed by atoms with E-state index in [1.165, 1.54) is 12.1 Å². The minimum absolute atomic E-state index is 0.0305. The lowest BCUT2D eigenvalue weighted by molar-refractivity contribution is 0.0696. The number of sulfonamides is 1. The van der Waals surface area contributed by atoms with Gasteiger partial charge in [0.15, 0.2) is 0 Å². The van der Waals surface area contributed by atoms with Gasteiger partial charge in [0.2, 0.25) is 10.0 Å². The Hall–Kier alpha value is -2.38. The molecule has 7 heteroatoms. The van der Waals surface area contributed by atoms with Gasteiger partial charge in [-0.3, -0.25) is 0 Å². The lowest BCUT2D eigenvalue weighted by Gasteiger charge is -2.20. The molecule has 0 aliphatic heterocycles. The van der Waals surface area contributed by atoms with Gasteiger partial charge in [-0.25, -0.2) is 17.9 Å². The van der Waals surface area contributed by atoms with E-state index in [0.29, 0.717) is 5.69 Å². The average Bonchev–Trinajstić information content (AvgIpc) is 3.15. The molecule has 0 unspecified atom stereocenters. The highest BCUT2D eigenvalue weighted by atomic mass is 32.2. The molecule has 0 heterocycles. The first-order valence-corrected chi connectivity index (χ1v) is 10.6. The van der Waals surface area contributed by atoms with Crippen molar-refractivity contribution in [3.8, 4) is 0 Å². The quantitative estimate of drug-likeness (QED) is 0.671. The normalized spacial score (nSPS) is 16.2. The number of benzene rings is 2. The number of aromatic carboxylic acids is 1. The molecule has 2 aromatic rings. The van der Waals surface area contributed by atoms with Crippen molar-refractivity contribution in [2.45, 2.75) is 49.6 Å². The highest BCUT2D eigenvalue weighted by Crippen LogP contribution is 2.29. The molecule has 3 rings (SSSR count). The SMILES string of the molecule is C[C@H](NS(=O)(=O)c1cc(C(=O)O)ccc1NC1CCCC1)c1ccccc1. The third-order valence-corrected chi connectivity index (χ3v) is 6.45. The average molecular weight is 388 g/mol. The second kappa shape index (κ2) is 8.10. The van der Waals surface area contributed by atoms with Gasteiger partial charge in [-0.15, -0.1) is 0 Å². The van der Waals surface area contributed by atoms with Gasteiger partial charge in [-0.1, -0.05) is 43.2 Å². The van der Waals surface area contributed by atoms with Crippen molar-refractivity contribution in [2.75, 3.05) is 5.32 Å². The molecule has 1 atom stereocenters. The molecule has 6 nitrogen and oxygen atoms in total. The molecule has 1 aliphatic carbocycles. The summed E-state index contributed by atoms with van der Waals surface area (Å²) >= 11 is 0. The molecule has 1 fully saturated rings. The van der Waals surface area contributed by atoms with Gasteiger partial charge in [-0.2, -0.15) is 0 Å². The first-order valence-electron chi connectivity index (χ1n) is 9.08. The Bertz CT molecular complexity index is 907. The predicted octanol–water partition coefficient (Wildman–Crippen LogP) is 3.78. The van der Waals surface area contributed by atoms with Crippen LogP contribution in [0.2, 0.25) is 0 Å². The topological polar surface area (TPSA) is 95.5 Å². The Labute approximate surface area is 159 Å². The first-order chi connectivity index (χ1) is 12.9. The van der Waals surface area contributed by atoms with Crippen molar-refractivity contribution < 1.29 is 18.3 Å². The van der Waals surface area contributed by atoms with Crippen LogP contribution >= 0.6 is 0 Å². The minimum atomic E-state index is -3.91. The number of rotatable bonds is 7. The summed E-state index contributed by atoms with van der Waals surface area (Å²) in [5.74, 6) is -1.16. The Morgan fingerprint density at radius 2 is 1.78 bits per heavy atom. The molecule has 2 aromatic carbocycles. The fourth-order valence-corrected chi connectivity index (χ4v) is 4.82. The number of carboxylic acid groups (broad SMARTS) is 1. The Morgan fingerprint density at radius 3 is 2.41 bits per heavy atom. The van der Waals surface area contributed by atoms with E-state index in [-0.39, 0.29) is 16.5 Å². The Kier molecular flexibility index (Phi) is 5.82. The number of hydrogen-bond donors (Lipinski definition) is 3. The second-order valence-electron chi connectivity index (χ2n) is 6.90. The Morgan fingerprint density at radius 1 is 1.11 bits per heavy atom. The van der Waals surface area contributed by atoms with Crippen LogP contribution in [0, 0.1) is 0 Å². The Balaban J connectivity index is 1.93. The third kappa shape index (κ3) is 4.67. The molecule has 144 valence electrons. The van der Waals surface area contributed by atoms with Crippen molar-refractivity contribution in [3.63, 3.8) is 0 Å². The number of anilines is 1. The summed E-state index contributed by atoms with van der Waals surface area (Å²) < 4.78 is 28.7. The summed E-state index contributed by atoms with van der Waals surface area (Å²) in [6, 6.07) is 13.2. The first kappa shape index (κ1) is 19.4. The van der Waals surface area contributed by atoms with Gasteiger partial charge in [0.25, 0.3) is 0 Å². The molecule has 1 aliphatic rings. The van der Waals surface area contributed by atoms with Crippen molar-refractivity contribution in [1.82, 2.24) is 4.72 Å². The largest absolute Gasteiger partial charge is 0.478 e. The van der Waals surface area contributed by atoms with Crippen LogP contribution in [-0.2, 0) is 10.0 Å². The number of carbonyl (C=O) groups is 1. The standard InChI is InChI=1S/C20H24N2O4S/c1-14(15-7-3-2-4-8-15)22-27(25,26)19-13-16(20(23)24)11-12-18(19)21-17-9-5-6-10-17/h2-4,7-8,11-14,17,21-22H,5-6,9-10H2,1H3,(H,23,24)/t14-/m0/s1. The summed E-state index contributed by atoms with van der Waals surface area (Å²) in [6.45, 7) is 1.76. The molecule has 0 spiro atoms. The van der Waals surface area contributed by atoms with Gasteiger partial charge in [0.05, 0.1) is 11.3 Å². The molecular formula is C20H24N2O4S. The van der Waals surface area contributed by atoms with E-state index in [0.717, 1.165) is 31.2 Å². The van der Waals surface area contributed by atoms with Gasteiger partial charge in [0, 0.05) is 12.1 Å². The van der Waals surface area contributed by atoms with Crippen LogP contribution < -0.4 is 10.0 Å². The molecule has 0 saturated heterocycles. The number of hydrogen-bond acceptors (Lipinski definition) is 4. The van der Waals surface area contributed by atoms with Crippen LogP contribution in [0.3, 0.4) is 0 Å². The van der Waals surface area contributed by atoms with Crippen molar-refractivity contribution in [3.05, 3.63) is 59.7 Å². The minimum Gasteiger partial charge on any atom is -0.478 e. The van der Waals surface area contributed by atoms with Crippen LogP contribution in [-0.4, -0.2) is 25.5 Å². The van der Waals surface area contributed by atoms with Crippen LogP contribution in [0.5, 0.6) is 0 Å². The maximum absolute atomic E-state index is 13.0. The van der Waals surface area contributed by atoms with Gasteiger partial charge in [0.1, 0.15) is 4.90 Å². The highest BCUT2D eigenvalue weighted by molar-refractivity contribution is 7.89. The molecule has 0 radical (unpaired) electrons. The molecule has 27 heavy (non-hydrogen) atoms. The summed E-state index contributed by atoms with van der Waals surface area (Å²) in [7, 11) is -3.91. The van der Waals surface area contributed by atoms with E-state index in [2.05, 4.69) is 10.0 Å². The van der Waals surface area contributed by atoms with Crippen molar-refractivity contribution >= 4 is 21.7 Å². The monoisotopic (exact) mass is 388 g/mol. The number of nitrogens with one attached hydrogen (secondary N) is 2. The van der Waals surface area contributed by atoms with Gasteiger partial charge >= 0.3 is 5.97 Å². The fourth-order valence-electron chi connectivity index (χ4n) is 3.39. The summed E-state index contributed by atoms with van der Waals surface area (Å²) in [6.07, 6.45) is 4.18. The second-order valence-corrected chi connectivity index (χ2v) is 8.58. The highest BCUT2D eigenvalue weighted by Gasteiger charge is 2.25. The lowest BCUT2D eigenvalue weighted by Crippen LogP contribution is -2.28. The maximum Gasteiger partial charge on any atom is 0.335 e. The van der Waals surface area contributed by atoms with E-state index in [1.54, 1.807) is 13.0 Å². The third-order valence-electron chi connectivity index (χ3n) is 4.86. The van der Waals surface area contributed by atoms with Crippen molar-refractivity contribution in [2.24, 2.45) is 0 Å². The van der Waals surface area contributed by atoms with Crippen molar-refractivity contribution in [1.29, 1.82) is 0 Å². The predicted molar refractivity (Wildman–Crippen MR) is 104 cm³/mol. The summed E-state index contributed by atoms with van der Waals surface area (Å²) in [4.78, 5) is 11.3. The zero-order valence-corrected chi connectivity index (χ0v) is 16.0. The molecule has 0 amide bonds. The van der Waals surface area contributed by atoms with Crippen LogP contribution in [0.4, 0.5) is 5.69 Å². The van der Waals surface area contributed by atoms with E-state index in [4.69, 9.17) is 0 Å². The molecule has 0 aromatic heterocycles. The van der Waals surface area contributed by atoms with Crippen LogP contribution in [0.25, 0.3) is 0 Å². The molecule has 3 N–H and O–H groups in total. The smallest absolute Gasteiger partial charge is 0.335 e. The lowest BCUT2D eigenvalue weighted by atomic mass is 10.1. The van der Waals surface area contributed by atoms with Gasteiger partial charge in [-0.05, 0) is 43.5 Å². The fraction of sp³-hybridized carbons (Fsp3) is 0.350. The summed E-state index contributed by atoms with van der Waals surface area (Å²) in [5.41, 5.74) is 1.22. The molecule has 1 saturated carbocycles. The van der Waals surface area contributed by atoms with Gasteiger partial charge < -0.3 is 10.4 Å². The van der Waals surface area contributed by atoms with Crippen LogP contribution in [0.1, 0.15) is 54.6 Å². The number of carboxylic acids is 1. The van der Waals surface area contributed by atoms with E-state index >= 15 is 0 Å². The molecular weight excluding hydrogens is 364 g/mol.